The fourth-order valence-electron chi connectivity index (χ4n) is 3.67. The monoisotopic (exact) mass is 535 g/mol. The molecule has 0 radical (unpaired) electrons. The summed E-state index contributed by atoms with van der Waals surface area (Å²) in [4.78, 5) is 51.3. The van der Waals surface area contributed by atoms with Gasteiger partial charge in [-0.2, -0.15) is 0 Å². The summed E-state index contributed by atoms with van der Waals surface area (Å²) in [7, 11) is 0. The van der Waals surface area contributed by atoms with Crippen molar-refractivity contribution in [2.75, 3.05) is 22.1 Å². The highest BCUT2D eigenvalue weighted by molar-refractivity contribution is 6.53. The number of anilines is 3. The molecule has 194 valence electrons. The van der Waals surface area contributed by atoms with Gasteiger partial charge in [-0.3, -0.25) is 14.4 Å². The second kappa shape index (κ2) is 11.7. The van der Waals surface area contributed by atoms with Crippen LogP contribution in [-0.2, 0) is 14.3 Å². The van der Waals surface area contributed by atoms with Crippen molar-refractivity contribution >= 4 is 52.4 Å². The first-order valence-corrected chi connectivity index (χ1v) is 12.2. The maximum absolute atomic E-state index is 14.2. The summed E-state index contributed by atoms with van der Waals surface area (Å²) in [6.07, 6.45) is 1.66. The number of hydrogen-bond acceptors (Lipinski definition) is 6. The van der Waals surface area contributed by atoms with E-state index in [4.69, 9.17) is 16.3 Å². The van der Waals surface area contributed by atoms with E-state index in [-0.39, 0.29) is 16.9 Å². The molecule has 0 spiro atoms. The molecule has 1 heterocycles. The molecule has 0 fully saturated rings. The van der Waals surface area contributed by atoms with Crippen LogP contribution in [0.25, 0.3) is 0 Å². The number of halogens is 2. The standard InChI is InChI=1S/C28H23ClFN3O5/c1-2-3-14-38-28(37)18-9-7-11-20(16-18)32-25(34)17-8-6-10-19(15-17)31-24-23(29)26(35)33(27(24)36)22-13-5-4-12-21(22)30/h4-13,15-16,31H,2-3,14H2,1H3,(H,32,34). The van der Waals surface area contributed by atoms with Crippen LogP contribution >= 0.6 is 11.6 Å². The van der Waals surface area contributed by atoms with Crippen molar-refractivity contribution in [1.29, 1.82) is 0 Å². The molecule has 3 aromatic rings. The van der Waals surface area contributed by atoms with Crippen LogP contribution in [0.2, 0.25) is 0 Å². The summed E-state index contributed by atoms with van der Waals surface area (Å²) >= 11 is 6.13. The number of unbranched alkanes of at least 4 members (excludes halogenated alkanes) is 1. The number of amides is 3. The zero-order valence-corrected chi connectivity index (χ0v) is 21.0. The molecule has 1 aliphatic rings. The highest BCUT2D eigenvalue weighted by atomic mass is 35.5. The van der Waals surface area contributed by atoms with Gasteiger partial charge in [0.25, 0.3) is 17.7 Å². The Kier molecular flexibility index (Phi) is 8.18. The molecule has 0 saturated heterocycles. The third kappa shape index (κ3) is 5.73. The molecule has 4 rings (SSSR count). The molecule has 0 atom stereocenters. The maximum Gasteiger partial charge on any atom is 0.338 e. The van der Waals surface area contributed by atoms with Gasteiger partial charge in [0.2, 0.25) is 0 Å². The van der Waals surface area contributed by atoms with E-state index >= 15 is 0 Å². The quantitative estimate of drug-likeness (QED) is 0.214. The molecule has 0 bridgehead atoms. The van der Waals surface area contributed by atoms with E-state index in [1.54, 1.807) is 36.4 Å². The lowest BCUT2D eigenvalue weighted by Gasteiger charge is -2.15. The van der Waals surface area contributed by atoms with Crippen LogP contribution in [0.5, 0.6) is 0 Å². The van der Waals surface area contributed by atoms with Crippen LogP contribution in [0.4, 0.5) is 21.5 Å². The van der Waals surface area contributed by atoms with Gasteiger partial charge < -0.3 is 15.4 Å². The summed E-state index contributed by atoms with van der Waals surface area (Å²) in [5.74, 6) is -3.41. The number of nitrogens with zero attached hydrogens (tertiary/aromatic N) is 1. The second-order valence-corrected chi connectivity index (χ2v) is 8.69. The number of rotatable bonds is 9. The molecule has 3 amide bonds. The van der Waals surface area contributed by atoms with Crippen molar-refractivity contribution in [3.63, 3.8) is 0 Å². The Bertz CT molecular complexity index is 1460. The molecular formula is C28H23ClFN3O5. The first-order chi connectivity index (χ1) is 18.3. The van der Waals surface area contributed by atoms with Crippen LogP contribution in [-0.4, -0.2) is 30.3 Å². The molecule has 38 heavy (non-hydrogen) atoms. The highest BCUT2D eigenvalue weighted by Crippen LogP contribution is 2.31. The van der Waals surface area contributed by atoms with Gasteiger partial charge in [-0.1, -0.05) is 49.2 Å². The van der Waals surface area contributed by atoms with E-state index in [1.807, 2.05) is 6.92 Å². The van der Waals surface area contributed by atoms with Crippen molar-refractivity contribution in [3.05, 3.63) is 100 Å². The number of esters is 1. The molecule has 3 aromatic carbocycles. The molecule has 0 aromatic heterocycles. The van der Waals surface area contributed by atoms with Gasteiger partial charge in [-0.05, 0) is 55.0 Å². The predicted molar refractivity (Wildman–Crippen MR) is 141 cm³/mol. The molecule has 0 aliphatic carbocycles. The number of imide groups is 1. The molecule has 0 unspecified atom stereocenters. The van der Waals surface area contributed by atoms with E-state index in [2.05, 4.69) is 10.6 Å². The average Bonchev–Trinajstić information content (AvgIpc) is 3.12. The molecule has 2 N–H and O–H groups in total. The number of hydrogen-bond donors (Lipinski definition) is 2. The van der Waals surface area contributed by atoms with Crippen LogP contribution in [0.3, 0.4) is 0 Å². The maximum atomic E-state index is 14.2. The SMILES string of the molecule is CCCCOC(=O)c1cccc(NC(=O)c2cccc(NC3=C(Cl)C(=O)N(c4ccccc4F)C3=O)c2)c1. The Morgan fingerprint density at radius 3 is 2.34 bits per heavy atom. The number of carbonyl (C=O) groups is 4. The van der Waals surface area contributed by atoms with Gasteiger partial charge in [0.15, 0.2) is 0 Å². The third-order valence-electron chi connectivity index (χ3n) is 5.60. The van der Waals surface area contributed by atoms with E-state index in [1.165, 1.54) is 30.3 Å². The summed E-state index contributed by atoms with van der Waals surface area (Å²) in [6, 6.07) is 17.9. The molecule has 1 aliphatic heterocycles. The van der Waals surface area contributed by atoms with E-state index in [0.717, 1.165) is 18.9 Å². The summed E-state index contributed by atoms with van der Waals surface area (Å²) in [5.41, 5.74) is 0.760. The van der Waals surface area contributed by atoms with Crippen LogP contribution < -0.4 is 15.5 Å². The smallest absolute Gasteiger partial charge is 0.338 e. The van der Waals surface area contributed by atoms with E-state index < -0.39 is 34.5 Å². The molecule has 0 saturated carbocycles. The fourth-order valence-corrected chi connectivity index (χ4v) is 3.88. The zero-order valence-electron chi connectivity index (χ0n) is 20.3. The van der Waals surface area contributed by atoms with Crippen LogP contribution in [0.1, 0.15) is 40.5 Å². The first kappa shape index (κ1) is 26.6. The summed E-state index contributed by atoms with van der Waals surface area (Å²) in [5, 5.41) is 5.08. The van der Waals surface area contributed by atoms with Gasteiger partial charge in [0.1, 0.15) is 16.5 Å². The molecule has 8 nitrogen and oxygen atoms in total. The predicted octanol–water partition coefficient (Wildman–Crippen LogP) is 5.47. The number of benzene rings is 3. The van der Waals surface area contributed by atoms with Crippen LogP contribution in [0, 0.1) is 5.82 Å². The largest absolute Gasteiger partial charge is 0.462 e. The minimum absolute atomic E-state index is 0.220. The fraction of sp³-hybridized carbons (Fsp3) is 0.143. The number of nitrogens with one attached hydrogen (secondary N) is 2. The lowest BCUT2D eigenvalue weighted by atomic mass is 10.1. The Morgan fingerprint density at radius 1 is 0.921 bits per heavy atom. The minimum Gasteiger partial charge on any atom is -0.462 e. The minimum atomic E-state index is -0.869. The van der Waals surface area contributed by atoms with Crippen molar-refractivity contribution in [2.24, 2.45) is 0 Å². The van der Waals surface area contributed by atoms with Gasteiger partial charge in [0, 0.05) is 16.9 Å². The van der Waals surface area contributed by atoms with E-state index in [0.29, 0.717) is 28.4 Å². The summed E-state index contributed by atoms with van der Waals surface area (Å²) < 4.78 is 19.4. The normalized spacial score (nSPS) is 13.1. The summed E-state index contributed by atoms with van der Waals surface area (Å²) in [6.45, 7) is 2.31. The van der Waals surface area contributed by atoms with Gasteiger partial charge in [-0.15, -0.1) is 0 Å². The van der Waals surface area contributed by atoms with Crippen molar-refractivity contribution in [2.45, 2.75) is 19.8 Å². The topological polar surface area (TPSA) is 105 Å². The Balaban J connectivity index is 1.47. The second-order valence-electron chi connectivity index (χ2n) is 8.32. The van der Waals surface area contributed by atoms with Gasteiger partial charge >= 0.3 is 5.97 Å². The number of carbonyl (C=O) groups excluding carboxylic acids is 4. The van der Waals surface area contributed by atoms with Gasteiger partial charge in [0.05, 0.1) is 17.9 Å². The Morgan fingerprint density at radius 2 is 1.61 bits per heavy atom. The molecule has 10 heteroatoms. The van der Waals surface area contributed by atoms with Crippen LogP contribution in [0.15, 0.2) is 83.5 Å². The van der Waals surface area contributed by atoms with Gasteiger partial charge in [-0.25, -0.2) is 14.1 Å². The average molecular weight is 536 g/mol. The number of para-hydroxylation sites is 1. The lowest BCUT2D eigenvalue weighted by Crippen LogP contribution is -2.33. The number of ether oxygens (including phenoxy) is 1. The Hall–Kier alpha value is -4.50. The zero-order chi connectivity index (χ0) is 27.2. The first-order valence-electron chi connectivity index (χ1n) is 11.8. The highest BCUT2D eigenvalue weighted by Gasteiger charge is 2.40. The van der Waals surface area contributed by atoms with E-state index in [9.17, 15) is 23.6 Å². The third-order valence-corrected chi connectivity index (χ3v) is 5.95. The lowest BCUT2D eigenvalue weighted by molar-refractivity contribution is -0.120. The Labute approximate surface area is 223 Å². The molecular weight excluding hydrogens is 513 g/mol. The van der Waals surface area contributed by atoms with Crippen molar-refractivity contribution in [3.8, 4) is 0 Å². The van der Waals surface area contributed by atoms with Crippen molar-refractivity contribution in [1.82, 2.24) is 0 Å². The van der Waals surface area contributed by atoms with Crippen molar-refractivity contribution < 1.29 is 28.3 Å².